The van der Waals surface area contributed by atoms with Gasteiger partial charge >= 0.3 is 0 Å². The third-order valence-corrected chi connectivity index (χ3v) is 1.79. The molecule has 0 aliphatic carbocycles. The predicted octanol–water partition coefficient (Wildman–Crippen LogP) is 0.536. The van der Waals surface area contributed by atoms with Gasteiger partial charge < -0.3 is 15.2 Å². The Kier molecular flexibility index (Phi) is 4.83. The molecule has 0 aromatic carbocycles. The van der Waals surface area contributed by atoms with Crippen molar-refractivity contribution in [1.82, 2.24) is 15.8 Å². The van der Waals surface area contributed by atoms with E-state index in [1.807, 2.05) is 0 Å². The number of carbonyl (C=O) groups excluding carboxylic acids is 1. The summed E-state index contributed by atoms with van der Waals surface area (Å²) in [6.07, 6.45) is 1.51. The minimum atomic E-state index is 0.00666. The normalized spacial score (nSPS) is 10.6. The monoisotopic (exact) mass is 211 g/mol. The number of amides is 1. The summed E-state index contributed by atoms with van der Waals surface area (Å²) in [4.78, 5) is 11.3. The number of nitrogens with zero attached hydrogens (tertiary/aromatic N) is 1. The molecule has 0 spiro atoms. The molecule has 2 N–H and O–H groups in total. The molecule has 0 saturated carbocycles. The van der Waals surface area contributed by atoms with Crippen LogP contribution in [0.25, 0.3) is 0 Å². The molecule has 0 unspecified atom stereocenters. The van der Waals surface area contributed by atoms with Crippen molar-refractivity contribution in [2.45, 2.75) is 20.4 Å². The fraction of sp³-hybridized carbons (Fsp3) is 0.600. The zero-order chi connectivity index (χ0) is 11.1. The molecule has 84 valence electrons. The van der Waals surface area contributed by atoms with Crippen molar-refractivity contribution in [3.63, 3.8) is 0 Å². The summed E-state index contributed by atoms with van der Waals surface area (Å²) in [6, 6.07) is 1.76. The highest BCUT2D eigenvalue weighted by atomic mass is 16.5. The van der Waals surface area contributed by atoms with Crippen LogP contribution >= 0.6 is 0 Å². The van der Waals surface area contributed by atoms with Gasteiger partial charge in [-0.25, -0.2) is 0 Å². The van der Waals surface area contributed by atoms with Gasteiger partial charge in [0.2, 0.25) is 5.91 Å². The maximum atomic E-state index is 11.3. The third-order valence-electron chi connectivity index (χ3n) is 1.79. The van der Waals surface area contributed by atoms with E-state index in [0.717, 1.165) is 5.69 Å². The Hall–Kier alpha value is -1.36. The Labute approximate surface area is 89.2 Å². The standard InChI is InChI=1S/C10H17N3O2/c1-8(2)5-12-10(14)7-11-6-9-3-4-15-13-9/h3-4,8,11H,5-7H2,1-2H3,(H,12,14). The SMILES string of the molecule is CC(C)CNC(=O)CNCc1ccon1. The number of aromatic nitrogens is 1. The second-order valence-electron chi connectivity index (χ2n) is 3.79. The quantitative estimate of drug-likeness (QED) is 0.720. The molecule has 0 fully saturated rings. The summed E-state index contributed by atoms with van der Waals surface area (Å²) in [5, 5.41) is 9.51. The average molecular weight is 211 g/mol. The van der Waals surface area contributed by atoms with E-state index in [2.05, 4.69) is 34.2 Å². The number of hydrogen-bond acceptors (Lipinski definition) is 4. The van der Waals surface area contributed by atoms with Gasteiger partial charge in [-0.15, -0.1) is 0 Å². The zero-order valence-corrected chi connectivity index (χ0v) is 9.12. The van der Waals surface area contributed by atoms with Crippen LogP contribution in [-0.4, -0.2) is 24.2 Å². The van der Waals surface area contributed by atoms with Crippen LogP contribution in [0.5, 0.6) is 0 Å². The molecule has 1 aromatic rings. The topological polar surface area (TPSA) is 67.2 Å². The fourth-order valence-electron chi connectivity index (χ4n) is 1.01. The van der Waals surface area contributed by atoms with E-state index in [9.17, 15) is 4.79 Å². The summed E-state index contributed by atoms with van der Waals surface area (Å²) < 4.78 is 4.66. The molecule has 0 saturated heterocycles. The first-order chi connectivity index (χ1) is 7.18. The van der Waals surface area contributed by atoms with Crippen LogP contribution in [0.15, 0.2) is 16.9 Å². The molecule has 1 aromatic heterocycles. The van der Waals surface area contributed by atoms with Crippen LogP contribution in [-0.2, 0) is 11.3 Å². The van der Waals surface area contributed by atoms with Crippen molar-refractivity contribution in [3.05, 3.63) is 18.0 Å². The molecule has 5 heteroatoms. The summed E-state index contributed by atoms with van der Waals surface area (Å²) in [7, 11) is 0. The third kappa shape index (κ3) is 5.17. The number of nitrogens with one attached hydrogen (secondary N) is 2. The van der Waals surface area contributed by atoms with Gasteiger partial charge in [-0.3, -0.25) is 4.79 Å². The number of rotatable bonds is 6. The molecule has 0 aliphatic heterocycles. The molecule has 15 heavy (non-hydrogen) atoms. The maximum absolute atomic E-state index is 11.3. The average Bonchev–Trinajstić information content (AvgIpc) is 2.67. The lowest BCUT2D eigenvalue weighted by molar-refractivity contribution is -0.120. The Morgan fingerprint density at radius 3 is 3.00 bits per heavy atom. The van der Waals surface area contributed by atoms with Crippen LogP contribution < -0.4 is 10.6 Å². The van der Waals surface area contributed by atoms with Gasteiger partial charge in [0.25, 0.3) is 0 Å². The van der Waals surface area contributed by atoms with Crippen molar-refractivity contribution in [1.29, 1.82) is 0 Å². The van der Waals surface area contributed by atoms with E-state index in [0.29, 0.717) is 25.6 Å². The lowest BCUT2D eigenvalue weighted by Crippen LogP contribution is -2.35. The minimum absolute atomic E-state index is 0.00666. The van der Waals surface area contributed by atoms with E-state index in [4.69, 9.17) is 0 Å². The Bertz CT molecular complexity index is 283. The van der Waals surface area contributed by atoms with Gasteiger partial charge in [-0.05, 0) is 5.92 Å². The van der Waals surface area contributed by atoms with E-state index in [1.165, 1.54) is 6.26 Å². The van der Waals surface area contributed by atoms with E-state index in [1.54, 1.807) is 6.07 Å². The minimum Gasteiger partial charge on any atom is -0.364 e. The van der Waals surface area contributed by atoms with Gasteiger partial charge in [0.1, 0.15) is 6.26 Å². The molecule has 0 bridgehead atoms. The van der Waals surface area contributed by atoms with Crippen LogP contribution in [0.4, 0.5) is 0 Å². The molecule has 1 rings (SSSR count). The van der Waals surface area contributed by atoms with Gasteiger partial charge in [-0.1, -0.05) is 19.0 Å². The van der Waals surface area contributed by atoms with Crippen molar-refractivity contribution in [2.24, 2.45) is 5.92 Å². The smallest absolute Gasteiger partial charge is 0.233 e. The van der Waals surface area contributed by atoms with Crippen LogP contribution in [0, 0.1) is 5.92 Å². The lowest BCUT2D eigenvalue weighted by Gasteiger charge is -2.07. The first kappa shape index (κ1) is 11.7. The summed E-state index contributed by atoms with van der Waals surface area (Å²) in [5.74, 6) is 0.483. The lowest BCUT2D eigenvalue weighted by atomic mass is 10.2. The van der Waals surface area contributed by atoms with E-state index < -0.39 is 0 Å². The predicted molar refractivity (Wildman–Crippen MR) is 56.1 cm³/mol. The molecule has 0 radical (unpaired) electrons. The molecular weight excluding hydrogens is 194 g/mol. The number of hydrogen-bond donors (Lipinski definition) is 2. The Morgan fingerprint density at radius 2 is 2.40 bits per heavy atom. The molecule has 1 amide bonds. The van der Waals surface area contributed by atoms with Crippen LogP contribution in [0.2, 0.25) is 0 Å². The number of carbonyl (C=O) groups is 1. The molecule has 0 atom stereocenters. The van der Waals surface area contributed by atoms with E-state index in [-0.39, 0.29) is 5.91 Å². The molecular formula is C10H17N3O2. The highest BCUT2D eigenvalue weighted by Gasteiger charge is 2.02. The van der Waals surface area contributed by atoms with Gasteiger partial charge in [-0.2, -0.15) is 0 Å². The van der Waals surface area contributed by atoms with Crippen molar-refractivity contribution in [2.75, 3.05) is 13.1 Å². The Balaban J connectivity index is 2.07. The molecule has 0 aliphatic rings. The van der Waals surface area contributed by atoms with E-state index >= 15 is 0 Å². The second-order valence-corrected chi connectivity index (χ2v) is 3.79. The first-order valence-electron chi connectivity index (χ1n) is 5.05. The van der Waals surface area contributed by atoms with Crippen LogP contribution in [0.1, 0.15) is 19.5 Å². The highest BCUT2D eigenvalue weighted by Crippen LogP contribution is 1.92. The molecule has 1 heterocycles. The fourth-order valence-corrected chi connectivity index (χ4v) is 1.01. The van der Waals surface area contributed by atoms with Crippen molar-refractivity contribution < 1.29 is 9.32 Å². The summed E-state index contributed by atoms with van der Waals surface area (Å²) >= 11 is 0. The summed E-state index contributed by atoms with van der Waals surface area (Å²) in [6.45, 7) is 5.68. The van der Waals surface area contributed by atoms with Gasteiger partial charge in [0, 0.05) is 19.2 Å². The summed E-state index contributed by atoms with van der Waals surface area (Å²) in [5.41, 5.74) is 0.798. The second kappa shape index (κ2) is 6.19. The van der Waals surface area contributed by atoms with Crippen LogP contribution in [0.3, 0.4) is 0 Å². The zero-order valence-electron chi connectivity index (χ0n) is 9.12. The Morgan fingerprint density at radius 1 is 1.60 bits per heavy atom. The largest absolute Gasteiger partial charge is 0.364 e. The van der Waals surface area contributed by atoms with Crippen molar-refractivity contribution >= 4 is 5.91 Å². The van der Waals surface area contributed by atoms with Crippen molar-refractivity contribution in [3.8, 4) is 0 Å². The van der Waals surface area contributed by atoms with Gasteiger partial charge in [0.05, 0.1) is 12.2 Å². The molecule has 5 nitrogen and oxygen atoms in total. The highest BCUT2D eigenvalue weighted by molar-refractivity contribution is 5.77. The maximum Gasteiger partial charge on any atom is 0.233 e. The first-order valence-corrected chi connectivity index (χ1v) is 5.05. The van der Waals surface area contributed by atoms with Gasteiger partial charge in [0.15, 0.2) is 0 Å².